The fraction of sp³-hybridized carbons (Fsp3) is 0.250. The molecule has 3 aromatic heterocycles. The Morgan fingerprint density at radius 1 is 1.24 bits per heavy atom. The molecule has 0 saturated carbocycles. The fourth-order valence-electron chi connectivity index (χ4n) is 4.13. The van der Waals surface area contributed by atoms with Crippen molar-refractivity contribution in [2.75, 3.05) is 23.3 Å². The quantitative estimate of drug-likeness (QED) is 0.683. The van der Waals surface area contributed by atoms with Gasteiger partial charge in [-0.2, -0.15) is 0 Å². The molecular weight excluding hydrogens is 373 g/mol. The van der Waals surface area contributed by atoms with E-state index in [4.69, 9.17) is 4.98 Å². The molecule has 146 valence electrons. The predicted molar refractivity (Wildman–Crippen MR) is 106 cm³/mol. The molecule has 5 heterocycles. The van der Waals surface area contributed by atoms with Crippen molar-refractivity contribution in [3.8, 4) is 0 Å². The minimum absolute atomic E-state index is 0.0211. The monoisotopic (exact) mass is 391 g/mol. The molecule has 1 N–H and O–H groups in total. The van der Waals surface area contributed by atoms with Crippen LogP contribution in [0.1, 0.15) is 6.42 Å². The van der Waals surface area contributed by atoms with Crippen LogP contribution in [0, 0.1) is 5.82 Å². The Morgan fingerprint density at radius 3 is 2.90 bits per heavy atom. The predicted octanol–water partition coefficient (Wildman–Crippen LogP) is 2.28. The Morgan fingerprint density at radius 2 is 2.14 bits per heavy atom. The van der Waals surface area contributed by atoms with E-state index in [1.54, 1.807) is 0 Å². The van der Waals surface area contributed by atoms with Crippen LogP contribution >= 0.6 is 0 Å². The number of likely N-dealkylation sites (tertiary alicyclic amines) is 1. The highest BCUT2D eigenvalue weighted by molar-refractivity contribution is 5.89. The summed E-state index contributed by atoms with van der Waals surface area (Å²) < 4.78 is 13.5. The van der Waals surface area contributed by atoms with Crippen LogP contribution in [-0.2, 0) is 4.79 Å². The maximum atomic E-state index is 13.5. The van der Waals surface area contributed by atoms with Crippen LogP contribution in [-0.4, -0.2) is 55.9 Å². The molecule has 2 saturated heterocycles. The van der Waals surface area contributed by atoms with E-state index in [1.807, 2.05) is 17.0 Å². The Labute approximate surface area is 166 Å². The average Bonchev–Trinajstić information content (AvgIpc) is 3.34. The number of rotatable bonds is 4. The summed E-state index contributed by atoms with van der Waals surface area (Å²) in [7, 11) is 0. The van der Waals surface area contributed by atoms with E-state index in [0.29, 0.717) is 29.1 Å². The molecule has 2 aliphatic heterocycles. The third kappa shape index (κ3) is 3.04. The molecule has 2 aliphatic rings. The number of halogens is 1. The zero-order valence-electron chi connectivity index (χ0n) is 15.5. The number of amides is 1. The van der Waals surface area contributed by atoms with E-state index >= 15 is 0 Å². The first-order valence-electron chi connectivity index (χ1n) is 9.31. The van der Waals surface area contributed by atoms with Crippen LogP contribution in [0.4, 0.5) is 21.7 Å². The van der Waals surface area contributed by atoms with Crippen molar-refractivity contribution in [2.24, 2.45) is 0 Å². The van der Waals surface area contributed by atoms with Gasteiger partial charge in [-0.15, -0.1) is 0 Å². The minimum Gasteiger partial charge on any atom is -0.350 e. The fourth-order valence-corrected chi connectivity index (χ4v) is 4.13. The molecule has 2 atom stereocenters. The van der Waals surface area contributed by atoms with Crippen molar-refractivity contribution in [1.29, 1.82) is 0 Å². The van der Waals surface area contributed by atoms with E-state index in [0.717, 1.165) is 25.0 Å². The van der Waals surface area contributed by atoms with E-state index < -0.39 is 5.82 Å². The summed E-state index contributed by atoms with van der Waals surface area (Å²) in [5.41, 5.74) is 1.76. The lowest BCUT2D eigenvalue weighted by atomic mass is 10.2. The third-order valence-corrected chi connectivity index (χ3v) is 5.43. The van der Waals surface area contributed by atoms with E-state index in [1.165, 1.54) is 24.7 Å². The van der Waals surface area contributed by atoms with Gasteiger partial charge in [0, 0.05) is 19.2 Å². The topological polar surface area (TPSA) is 87.1 Å². The normalized spacial score (nSPS) is 20.3. The molecule has 0 radical (unpaired) electrons. The zero-order valence-corrected chi connectivity index (χ0v) is 15.5. The van der Waals surface area contributed by atoms with Gasteiger partial charge in [-0.05, 0) is 24.6 Å². The molecule has 2 fully saturated rings. The number of carbonyl (C=O) groups is 1. The molecule has 0 spiro atoms. The highest BCUT2D eigenvalue weighted by Gasteiger charge is 2.45. The number of nitrogens with one attached hydrogen (secondary N) is 1. The number of pyridine rings is 2. The first kappa shape index (κ1) is 17.5. The van der Waals surface area contributed by atoms with Crippen molar-refractivity contribution in [3.63, 3.8) is 0 Å². The van der Waals surface area contributed by atoms with Gasteiger partial charge in [0.2, 0.25) is 5.91 Å². The van der Waals surface area contributed by atoms with Crippen molar-refractivity contribution >= 4 is 34.3 Å². The maximum Gasteiger partial charge on any atom is 0.246 e. The molecular formula is C20H18FN7O. The van der Waals surface area contributed by atoms with Gasteiger partial charge < -0.3 is 15.1 Å². The van der Waals surface area contributed by atoms with Gasteiger partial charge in [0.25, 0.3) is 0 Å². The molecule has 0 unspecified atom stereocenters. The Hall–Kier alpha value is -3.62. The van der Waals surface area contributed by atoms with Gasteiger partial charge in [-0.25, -0.2) is 19.3 Å². The first-order chi connectivity index (χ1) is 14.1. The molecule has 8 nitrogen and oxygen atoms in total. The van der Waals surface area contributed by atoms with Gasteiger partial charge >= 0.3 is 0 Å². The van der Waals surface area contributed by atoms with Crippen molar-refractivity contribution in [2.45, 2.75) is 18.5 Å². The largest absolute Gasteiger partial charge is 0.350 e. The summed E-state index contributed by atoms with van der Waals surface area (Å²) in [6, 6.07) is 5.57. The number of nitrogens with zero attached hydrogens (tertiary/aromatic N) is 6. The van der Waals surface area contributed by atoms with Crippen LogP contribution in [0.5, 0.6) is 0 Å². The minimum atomic E-state index is -0.436. The van der Waals surface area contributed by atoms with Gasteiger partial charge in [0.05, 0.1) is 35.7 Å². The van der Waals surface area contributed by atoms with Crippen molar-refractivity contribution in [3.05, 3.63) is 55.4 Å². The highest BCUT2D eigenvalue weighted by Crippen LogP contribution is 2.35. The SMILES string of the molecule is C=CC(=O)N1C[C@@H]2C[C@H]1CN2c1ccc2ncnc(Nc3cncc(F)c3)c2n1. The number of carbonyl (C=O) groups excluding carboxylic acids is 1. The number of hydrogen-bond donors (Lipinski definition) is 1. The van der Waals surface area contributed by atoms with Gasteiger partial charge in [-0.1, -0.05) is 6.58 Å². The lowest BCUT2D eigenvalue weighted by Gasteiger charge is -2.34. The van der Waals surface area contributed by atoms with Gasteiger partial charge in [0.1, 0.15) is 23.5 Å². The summed E-state index contributed by atoms with van der Waals surface area (Å²) in [5, 5.41) is 3.07. The second-order valence-corrected chi connectivity index (χ2v) is 7.17. The molecule has 0 aliphatic carbocycles. The molecule has 5 rings (SSSR count). The van der Waals surface area contributed by atoms with Gasteiger partial charge in [0.15, 0.2) is 5.82 Å². The van der Waals surface area contributed by atoms with Crippen LogP contribution in [0.25, 0.3) is 11.0 Å². The van der Waals surface area contributed by atoms with Crippen LogP contribution < -0.4 is 10.2 Å². The van der Waals surface area contributed by atoms with Crippen molar-refractivity contribution < 1.29 is 9.18 Å². The summed E-state index contributed by atoms with van der Waals surface area (Å²) in [6.45, 7) is 4.98. The smallest absolute Gasteiger partial charge is 0.246 e. The molecule has 0 aromatic carbocycles. The second-order valence-electron chi connectivity index (χ2n) is 7.17. The Bertz CT molecular complexity index is 1120. The standard InChI is InChI=1S/C20H18FN7O/c1-2-18(29)28-10-14-6-15(28)9-27(14)17-4-3-16-19(26-17)20(24-11-23-16)25-13-5-12(21)7-22-8-13/h2-5,7-8,11,14-15H,1,6,9-10H2,(H,23,24,25)/t14-,15-/m0/s1. The summed E-state index contributed by atoms with van der Waals surface area (Å²) >= 11 is 0. The van der Waals surface area contributed by atoms with Crippen LogP contribution in [0.3, 0.4) is 0 Å². The molecule has 1 amide bonds. The lowest BCUT2D eigenvalue weighted by Crippen LogP contribution is -2.48. The zero-order chi connectivity index (χ0) is 20.0. The number of aromatic nitrogens is 4. The summed E-state index contributed by atoms with van der Waals surface area (Å²) in [4.78, 5) is 33.3. The molecule has 29 heavy (non-hydrogen) atoms. The number of piperazine rings is 1. The number of hydrogen-bond acceptors (Lipinski definition) is 7. The van der Waals surface area contributed by atoms with E-state index in [2.05, 4.69) is 31.7 Å². The molecule has 3 aromatic rings. The maximum absolute atomic E-state index is 13.5. The summed E-state index contributed by atoms with van der Waals surface area (Å²) in [6.07, 6.45) is 6.39. The average molecular weight is 391 g/mol. The molecule has 2 bridgehead atoms. The van der Waals surface area contributed by atoms with E-state index in [-0.39, 0.29) is 18.0 Å². The summed E-state index contributed by atoms with van der Waals surface area (Å²) in [5.74, 6) is 0.837. The third-order valence-electron chi connectivity index (χ3n) is 5.43. The number of fused-ring (bicyclic) bond motifs is 3. The Kier molecular flexibility index (Phi) is 4.08. The van der Waals surface area contributed by atoms with E-state index in [9.17, 15) is 9.18 Å². The van der Waals surface area contributed by atoms with Crippen molar-refractivity contribution in [1.82, 2.24) is 24.8 Å². The lowest BCUT2D eigenvalue weighted by molar-refractivity contribution is -0.127. The highest BCUT2D eigenvalue weighted by atomic mass is 19.1. The molecule has 9 heteroatoms. The Balaban J connectivity index is 1.45. The van der Waals surface area contributed by atoms with Gasteiger partial charge in [-0.3, -0.25) is 9.78 Å². The van der Waals surface area contributed by atoms with Crippen LogP contribution in [0.15, 0.2) is 49.6 Å². The second kappa shape index (κ2) is 6.77. The van der Waals surface area contributed by atoms with Crippen LogP contribution in [0.2, 0.25) is 0 Å². The number of anilines is 3. The first-order valence-corrected chi connectivity index (χ1v) is 9.31.